The molecule has 4 rings (SSSR count). The van der Waals surface area contributed by atoms with Crippen molar-refractivity contribution in [2.45, 2.75) is 50.7 Å². The zero-order valence-electron chi connectivity index (χ0n) is 13.6. The van der Waals surface area contributed by atoms with Crippen LogP contribution in [0.3, 0.4) is 0 Å². The molecule has 1 aromatic heterocycles. The Kier molecular flexibility index (Phi) is 4.29. The summed E-state index contributed by atoms with van der Waals surface area (Å²) in [6.07, 6.45) is 10.6. The second-order valence-electron chi connectivity index (χ2n) is 6.81. The van der Waals surface area contributed by atoms with Crippen LogP contribution in [0.5, 0.6) is 0 Å². The van der Waals surface area contributed by atoms with Gasteiger partial charge in [-0.2, -0.15) is 0 Å². The van der Waals surface area contributed by atoms with Gasteiger partial charge in [0.2, 0.25) is 0 Å². The molecule has 0 amide bonds. The third kappa shape index (κ3) is 3.25. The molecule has 1 N–H and O–H groups in total. The molecule has 1 aromatic carbocycles. The number of piperidine rings is 1. The molecule has 3 nitrogen and oxygen atoms in total. The summed E-state index contributed by atoms with van der Waals surface area (Å²) in [5.74, 6) is 0. The van der Waals surface area contributed by atoms with E-state index in [1.54, 1.807) is 0 Å². The van der Waals surface area contributed by atoms with Crippen LogP contribution in [-0.2, 0) is 6.54 Å². The molecule has 2 unspecified atom stereocenters. The van der Waals surface area contributed by atoms with Gasteiger partial charge in [0.05, 0.1) is 0 Å². The number of nitrogens with zero attached hydrogens (tertiary/aromatic N) is 2. The number of hydrogen-bond acceptors (Lipinski definition) is 3. The molecule has 2 atom stereocenters. The van der Waals surface area contributed by atoms with Crippen molar-refractivity contribution >= 4 is 5.69 Å². The molecule has 2 fully saturated rings. The van der Waals surface area contributed by atoms with Crippen LogP contribution in [0.1, 0.15) is 49.3 Å². The third-order valence-electron chi connectivity index (χ3n) is 5.39. The van der Waals surface area contributed by atoms with E-state index < -0.39 is 0 Å². The van der Waals surface area contributed by atoms with E-state index in [9.17, 15) is 0 Å². The number of anilines is 1. The number of hydrogen-bond donors (Lipinski definition) is 1. The molecule has 3 heterocycles. The van der Waals surface area contributed by atoms with E-state index in [0.717, 1.165) is 12.6 Å². The van der Waals surface area contributed by atoms with E-state index in [1.165, 1.54) is 55.5 Å². The fourth-order valence-electron chi connectivity index (χ4n) is 4.15. The van der Waals surface area contributed by atoms with Gasteiger partial charge in [0.1, 0.15) is 0 Å². The summed E-state index contributed by atoms with van der Waals surface area (Å²) in [5, 5.41) is 3.49. The third-order valence-corrected chi connectivity index (χ3v) is 5.39. The fraction of sp³-hybridized carbons (Fsp3) is 0.450. The lowest BCUT2D eigenvalue weighted by atomic mass is 10.0. The van der Waals surface area contributed by atoms with E-state index in [2.05, 4.69) is 51.6 Å². The van der Waals surface area contributed by atoms with E-state index in [4.69, 9.17) is 0 Å². The second kappa shape index (κ2) is 6.71. The first-order chi connectivity index (χ1) is 11.4. The highest BCUT2D eigenvalue weighted by Gasteiger charge is 2.35. The fourth-order valence-corrected chi connectivity index (χ4v) is 4.15. The zero-order chi connectivity index (χ0) is 15.5. The Balaban J connectivity index is 1.40. The molecule has 120 valence electrons. The minimum atomic E-state index is 0.648. The average molecular weight is 307 g/mol. The molecule has 2 aliphatic rings. The van der Waals surface area contributed by atoms with Crippen LogP contribution in [0.25, 0.3) is 0 Å². The van der Waals surface area contributed by atoms with Gasteiger partial charge in [0.15, 0.2) is 0 Å². The normalized spacial score (nSPS) is 24.3. The van der Waals surface area contributed by atoms with Crippen LogP contribution in [0, 0.1) is 0 Å². The van der Waals surface area contributed by atoms with Crippen molar-refractivity contribution in [2.75, 3.05) is 11.9 Å². The van der Waals surface area contributed by atoms with Gasteiger partial charge in [-0.15, -0.1) is 0 Å². The van der Waals surface area contributed by atoms with Gasteiger partial charge in [-0.3, -0.25) is 9.88 Å². The van der Waals surface area contributed by atoms with Crippen LogP contribution >= 0.6 is 0 Å². The lowest BCUT2D eigenvalue weighted by Gasteiger charge is -2.34. The van der Waals surface area contributed by atoms with E-state index in [-0.39, 0.29) is 0 Å². The Morgan fingerprint density at radius 2 is 1.78 bits per heavy atom. The summed E-state index contributed by atoms with van der Waals surface area (Å²) in [6, 6.07) is 14.7. The highest BCUT2D eigenvalue weighted by Crippen LogP contribution is 2.40. The zero-order valence-corrected chi connectivity index (χ0v) is 13.6. The van der Waals surface area contributed by atoms with Crippen molar-refractivity contribution in [1.82, 2.24) is 9.88 Å². The number of pyridine rings is 1. The van der Waals surface area contributed by atoms with Crippen LogP contribution in [0.2, 0.25) is 0 Å². The average Bonchev–Trinajstić information content (AvgIpc) is 3.05. The largest absolute Gasteiger partial charge is 0.381 e. The van der Waals surface area contributed by atoms with E-state index >= 15 is 0 Å². The molecule has 2 saturated heterocycles. The molecule has 0 radical (unpaired) electrons. The van der Waals surface area contributed by atoms with E-state index in [0.29, 0.717) is 6.04 Å². The highest BCUT2D eigenvalue weighted by molar-refractivity contribution is 5.45. The predicted molar refractivity (Wildman–Crippen MR) is 94.3 cm³/mol. The second-order valence-corrected chi connectivity index (χ2v) is 6.81. The lowest BCUT2D eigenvalue weighted by Crippen LogP contribution is -2.35. The van der Waals surface area contributed by atoms with Gasteiger partial charge in [-0.25, -0.2) is 0 Å². The molecule has 0 saturated carbocycles. The van der Waals surface area contributed by atoms with Gasteiger partial charge in [0, 0.05) is 36.7 Å². The van der Waals surface area contributed by atoms with Gasteiger partial charge in [-0.1, -0.05) is 18.6 Å². The molecule has 0 aliphatic carbocycles. The van der Waals surface area contributed by atoms with Crippen LogP contribution < -0.4 is 5.32 Å². The molecule has 23 heavy (non-hydrogen) atoms. The van der Waals surface area contributed by atoms with Crippen molar-refractivity contribution in [2.24, 2.45) is 0 Å². The summed E-state index contributed by atoms with van der Waals surface area (Å²) in [6.45, 7) is 2.14. The molecule has 0 bridgehead atoms. The van der Waals surface area contributed by atoms with E-state index in [1.807, 2.05) is 12.4 Å². The van der Waals surface area contributed by atoms with Crippen LogP contribution in [0.15, 0.2) is 48.8 Å². The maximum absolute atomic E-state index is 4.06. The number of benzene rings is 1. The molecule has 3 heteroatoms. The topological polar surface area (TPSA) is 28.2 Å². The number of rotatable bonds is 4. The monoisotopic (exact) mass is 307 g/mol. The van der Waals surface area contributed by atoms with Gasteiger partial charge < -0.3 is 5.32 Å². The first kappa shape index (κ1) is 14.7. The summed E-state index contributed by atoms with van der Waals surface area (Å²) >= 11 is 0. The van der Waals surface area contributed by atoms with Gasteiger partial charge >= 0.3 is 0 Å². The van der Waals surface area contributed by atoms with Gasteiger partial charge in [-0.05, 0) is 67.6 Å². The van der Waals surface area contributed by atoms with Crippen molar-refractivity contribution < 1.29 is 0 Å². The van der Waals surface area contributed by atoms with Crippen molar-refractivity contribution in [3.8, 4) is 0 Å². The SMILES string of the molecule is c1cc(CNc2ccc(C3CCC4CCCCN43)cc2)ccn1. The minimum Gasteiger partial charge on any atom is -0.381 e. The molecular weight excluding hydrogens is 282 g/mol. The summed E-state index contributed by atoms with van der Waals surface area (Å²) < 4.78 is 0. The Bertz CT molecular complexity index is 623. The quantitative estimate of drug-likeness (QED) is 0.908. The number of fused-ring (bicyclic) bond motifs is 1. The molecule has 0 spiro atoms. The highest BCUT2D eigenvalue weighted by atomic mass is 15.2. The number of aromatic nitrogens is 1. The van der Waals surface area contributed by atoms with Crippen molar-refractivity contribution in [1.29, 1.82) is 0 Å². The summed E-state index contributed by atoms with van der Waals surface area (Å²) in [5.41, 5.74) is 3.94. The molecular formula is C20H25N3. The summed E-state index contributed by atoms with van der Waals surface area (Å²) in [4.78, 5) is 6.81. The van der Waals surface area contributed by atoms with Crippen LogP contribution in [-0.4, -0.2) is 22.5 Å². The number of nitrogens with one attached hydrogen (secondary N) is 1. The Hall–Kier alpha value is -1.87. The maximum atomic E-state index is 4.06. The Labute approximate surface area is 138 Å². The lowest BCUT2D eigenvalue weighted by molar-refractivity contribution is 0.150. The predicted octanol–water partition coefficient (Wildman–Crippen LogP) is 4.38. The Morgan fingerprint density at radius 1 is 0.957 bits per heavy atom. The maximum Gasteiger partial charge on any atom is 0.0401 e. The first-order valence-electron chi connectivity index (χ1n) is 8.88. The Morgan fingerprint density at radius 3 is 2.61 bits per heavy atom. The van der Waals surface area contributed by atoms with Crippen molar-refractivity contribution in [3.05, 3.63) is 59.9 Å². The first-order valence-corrected chi connectivity index (χ1v) is 8.88. The summed E-state index contributed by atoms with van der Waals surface area (Å²) in [7, 11) is 0. The van der Waals surface area contributed by atoms with Crippen LogP contribution in [0.4, 0.5) is 5.69 Å². The minimum absolute atomic E-state index is 0.648. The van der Waals surface area contributed by atoms with Crippen molar-refractivity contribution in [3.63, 3.8) is 0 Å². The smallest absolute Gasteiger partial charge is 0.0401 e. The molecule has 2 aromatic rings. The molecule has 2 aliphatic heterocycles. The van der Waals surface area contributed by atoms with Gasteiger partial charge in [0.25, 0.3) is 0 Å². The standard InChI is InChI=1S/C20H25N3/c1-2-14-23-19(3-1)8-9-20(23)17-4-6-18(7-5-17)22-15-16-10-12-21-13-11-16/h4-7,10-13,19-20,22H,1-3,8-9,14-15H2.